The van der Waals surface area contributed by atoms with Gasteiger partial charge in [0.25, 0.3) is 10.2 Å². The van der Waals surface area contributed by atoms with Crippen molar-refractivity contribution in [1.29, 1.82) is 0 Å². The molecule has 2 N–H and O–H groups in total. The summed E-state index contributed by atoms with van der Waals surface area (Å²) in [5.41, 5.74) is -0.973. The van der Waals surface area contributed by atoms with Crippen molar-refractivity contribution in [3.05, 3.63) is 0 Å². The third-order valence-corrected chi connectivity index (χ3v) is 6.04. The summed E-state index contributed by atoms with van der Waals surface area (Å²) in [7, 11) is -1.88. The van der Waals surface area contributed by atoms with E-state index >= 15 is 0 Å². The van der Waals surface area contributed by atoms with Crippen molar-refractivity contribution in [1.82, 2.24) is 9.03 Å². The Morgan fingerprint density at radius 3 is 2.45 bits per heavy atom. The fraction of sp³-hybridized carbons (Fsp3) is 1.00. The van der Waals surface area contributed by atoms with E-state index < -0.39 is 15.8 Å². The third-order valence-electron chi connectivity index (χ3n) is 4.48. The van der Waals surface area contributed by atoms with Gasteiger partial charge in [0, 0.05) is 45.7 Å². The summed E-state index contributed by atoms with van der Waals surface area (Å²) in [6.07, 6.45) is 6.17. The zero-order valence-corrected chi connectivity index (χ0v) is 13.0. The minimum Gasteiger partial charge on any atom is -0.388 e. The largest absolute Gasteiger partial charge is 0.388 e. The van der Waals surface area contributed by atoms with E-state index in [0.29, 0.717) is 26.1 Å². The number of nitrogens with one attached hydrogen (secondary N) is 1. The zero-order valence-electron chi connectivity index (χ0n) is 12.2. The highest BCUT2D eigenvalue weighted by Gasteiger charge is 2.33. The molecule has 2 rings (SSSR count). The summed E-state index contributed by atoms with van der Waals surface area (Å²) in [5.74, 6) is 0. The molecule has 7 heteroatoms. The Labute approximate surface area is 121 Å². The number of ether oxygens (including phenoxy) is 1. The van der Waals surface area contributed by atoms with Crippen molar-refractivity contribution in [2.75, 3.05) is 26.8 Å². The number of rotatable bonds is 5. The molecule has 1 aliphatic heterocycles. The van der Waals surface area contributed by atoms with Gasteiger partial charge < -0.3 is 9.84 Å². The number of hydrogen-bond acceptors (Lipinski definition) is 4. The Morgan fingerprint density at radius 2 is 1.85 bits per heavy atom. The molecule has 0 radical (unpaired) electrons. The maximum atomic E-state index is 12.3. The molecule has 0 spiro atoms. The summed E-state index contributed by atoms with van der Waals surface area (Å²) in [6.45, 7) is 1.03. The van der Waals surface area contributed by atoms with Crippen molar-refractivity contribution in [2.24, 2.45) is 0 Å². The van der Waals surface area contributed by atoms with E-state index in [-0.39, 0.29) is 12.6 Å². The van der Waals surface area contributed by atoms with Gasteiger partial charge in [0.15, 0.2) is 0 Å². The van der Waals surface area contributed by atoms with Crippen LogP contribution in [0, 0.1) is 0 Å². The fourth-order valence-electron chi connectivity index (χ4n) is 2.90. The molecule has 1 saturated carbocycles. The van der Waals surface area contributed by atoms with Crippen molar-refractivity contribution in [3.63, 3.8) is 0 Å². The summed E-state index contributed by atoms with van der Waals surface area (Å²) in [4.78, 5) is 0. The Morgan fingerprint density at radius 1 is 1.25 bits per heavy atom. The maximum Gasteiger partial charge on any atom is 0.279 e. The van der Waals surface area contributed by atoms with Gasteiger partial charge in [-0.25, -0.2) is 0 Å². The van der Waals surface area contributed by atoms with Crippen LogP contribution >= 0.6 is 0 Å². The molecule has 0 aromatic rings. The van der Waals surface area contributed by atoms with Crippen LogP contribution in [-0.4, -0.2) is 56.3 Å². The lowest BCUT2D eigenvalue weighted by Gasteiger charge is -2.34. The molecule has 0 bridgehead atoms. The normalized spacial score (nSPS) is 24.9. The second kappa shape index (κ2) is 6.70. The van der Waals surface area contributed by atoms with Gasteiger partial charge in [-0.05, 0) is 12.8 Å². The van der Waals surface area contributed by atoms with Crippen LogP contribution in [0.4, 0.5) is 0 Å². The van der Waals surface area contributed by atoms with Crippen molar-refractivity contribution in [3.8, 4) is 0 Å². The van der Waals surface area contributed by atoms with Gasteiger partial charge in [-0.1, -0.05) is 19.3 Å². The molecule has 2 aliphatic rings. The van der Waals surface area contributed by atoms with E-state index in [1.54, 1.807) is 7.05 Å². The third kappa shape index (κ3) is 4.14. The zero-order chi connectivity index (χ0) is 14.6. The molecule has 0 aromatic carbocycles. The second-order valence-electron chi connectivity index (χ2n) is 5.97. The number of aliphatic hydroxyl groups is 1. The molecule has 0 atom stereocenters. The quantitative estimate of drug-likeness (QED) is 0.781. The molecule has 6 nitrogen and oxygen atoms in total. The topological polar surface area (TPSA) is 78.9 Å². The summed E-state index contributed by atoms with van der Waals surface area (Å²) in [6, 6.07) is 0.0885. The molecule has 2 fully saturated rings. The smallest absolute Gasteiger partial charge is 0.279 e. The molecule has 0 amide bonds. The molecular formula is C13H26N2O4S. The monoisotopic (exact) mass is 306 g/mol. The average molecular weight is 306 g/mol. The van der Waals surface area contributed by atoms with Crippen molar-refractivity contribution < 1.29 is 18.3 Å². The van der Waals surface area contributed by atoms with Crippen LogP contribution in [0.25, 0.3) is 0 Å². The number of hydrogen-bond donors (Lipinski definition) is 2. The first-order chi connectivity index (χ1) is 9.43. The first kappa shape index (κ1) is 16.2. The lowest BCUT2D eigenvalue weighted by Crippen LogP contribution is -2.51. The SMILES string of the molecule is CN(C1CCCCC1)S(=O)(=O)NCC1(O)CCOCC1. The minimum absolute atomic E-state index is 0.0652. The van der Waals surface area contributed by atoms with Gasteiger partial charge >= 0.3 is 0 Å². The Bertz CT molecular complexity index is 401. The molecule has 20 heavy (non-hydrogen) atoms. The van der Waals surface area contributed by atoms with Gasteiger partial charge in [0.05, 0.1) is 5.60 Å². The maximum absolute atomic E-state index is 12.3. The van der Waals surface area contributed by atoms with Crippen LogP contribution in [0.1, 0.15) is 44.9 Å². The van der Waals surface area contributed by atoms with E-state index in [2.05, 4.69) is 4.72 Å². The molecule has 118 valence electrons. The van der Waals surface area contributed by atoms with Gasteiger partial charge in [-0.15, -0.1) is 0 Å². The standard InChI is InChI=1S/C13H26N2O4S/c1-15(12-5-3-2-4-6-12)20(17,18)14-11-13(16)7-9-19-10-8-13/h12,14,16H,2-11H2,1H3. The van der Waals surface area contributed by atoms with Gasteiger partial charge in [-0.2, -0.15) is 17.4 Å². The van der Waals surface area contributed by atoms with Crippen LogP contribution < -0.4 is 4.72 Å². The lowest BCUT2D eigenvalue weighted by atomic mass is 9.95. The predicted molar refractivity (Wildman–Crippen MR) is 76.6 cm³/mol. The minimum atomic E-state index is -3.51. The van der Waals surface area contributed by atoms with Gasteiger partial charge in [0.2, 0.25) is 0 Å². The molecule has 1 saturated heterocycles. The molecular weight excluding hydrogens is 280 g/mol. The molecule has 1 aliphatic carbocycles. The molecule has 1 heterocycles. The van der Waals surface area contributed by atoms with E-state index in [9.17, 15) is 13.5 Å². The average Bonchev–Trinajstić information content (AvgIpc) is 2.46. The summed E-state index contributed by atoms with van der Waals surface area (Å²) < 4.78 is 33.8. The first-order valence-electron chi connectivity index (χ1n) is 7.46. The first-order valence-corrected chi connectivity index (χ1v) is 8.90. The van der Waals surface area contributed by atoms with E-state index in [1.165, 1.54) is 10.7 Å². The lowest BCUT2D eigenvalue weighted by molar-refractivity contribution is -0.0590. The second-order valence-corrected chi connectivity index (χ2v) is 7.79. The Balaban J connectivity index is 1.89. The summed E-state index contributed by atoms with van der Waals surface area (Å²) >= 11 is 0. The van der Waals surface area contributed by atoms with E-state index in [0.717, 1.165) is 25.7 Å². The van der Waals surface area contributed by atoms with Crippen LogP contribution in [0.2, 0.25) is 0 Å². The van der Waals surface area contributed by atoms with Crippen molar-refractivity contribution in [2.45, 2.75) is 56.6 Å². The highest BCUT2D eigenvalue weighted by molar-refractivity contribution is 7.87. The van der Waals surface area contributed by atoms with Crippen LogP contribution in [-0.2, 0) is 14.9 Å². The van der Waals surface area contributed by atoms with Gasteiger partial charge in [0.1, 0.15) is 0 Å². The van der Waals surface area contributed by atoms with Crippen LogP contribution in [0.3, 0.4) is 0 Å². The predicted octanol–water partition coefficient (Wildman–Crippen LogP) is 0.627. The van der Waals surface area contributed by atoms with E-state index in [4.69, 9.17) is 4.74 Å². The van der Waals surface area contributed by atoms with Crippen molar-refractivity contribution >= 4 is 10.2 Å². The Hall–Kier alpha value is -0.210. The van der Waals surface area contributed by atoms with Gasteiger partial charge in [-0.3, -0.25) is 0 Å². The van der Waals surface area contributed by atoms with Crippen LogP contribution in [0.5, 0.6) is 0 Å². The Kier molecular flexibility index (Phi) is 5.42. The molecule has 0 aromatic heterocycles. The van der Waals surface area contributed by atoms with E-state index in [1.807, 2.05) is 0 Å². The van der Waals surface area contributed by atoms with Crippen LogP contribution in [0.15, 0.2) is 0 Å². The molecule has 0 unspecified atom stereocenters. The highest BCUT2D eigenvalue weighted by Crippen LogP contribution is 2.24. The summed E-state index contributed by atoms with van der Waals surface area (Å²) in [5, 5.41) is 10.3. The number of nitrogens with zero attached hydrogens (tertiary/aromatic N) is 1. The fourth-order valence-corrected chi connectivity index (χ4v) is 4.15. The highest BCUT2D eigenvalue weighted by atomic mass is 32.2.